The van der Waals surface area contributed by atoms with Crippen LogP contribution in [0.4, 0.5) is 5.69 Å². The van der Waals surface area contributed by atoms with Crippen LogP contribution in [0.3, 0.4) is 0 Å². The minimum Gasteiger partial charge on any atom is -0.461 e. The summed E-state index contributed by atoms with van der Waals surface area (Å²) in [6, 6.07) is 17.2. The van der Waals surface area contributed by atoms with Gasteiger partial charge < -0.3 is 4.74 Å². The molecule has 0 spiro atoms. The maximum Gasteiger partial charge on any atom is 0.360 e. The number of carbonyl (C=O) groups is 1. The lowest BCUT2D eigenvalue weighted by atomic mass is 10.1. The number of hydrogen-bond donors (Lipinski definition) is 0. The SMILES string of the molecule is CCOC(=O)c1nn(-c2ccc(Cl)cc2Cl)c(-c2ccc([N+](=O)[O-])cc2)c1S(=O)(=O)c1ccccc1. The highest BCUT2D eigenvalue weighted by molar-refractivity contribution is 7.91. The van der Waals surface area contributed by atoms with Gasteiger partial charge in [0, 0.05) is 22.7 Å². The Kier molecular flexibility index (Phi) is 7.11. The standard InChI is InChI=1S/C24H17Cl2N3O6S/c1-2-35-24(30)21-23(36(33,34)18-6-4-3-5-7-18)22(15-8-11-17(12-9-15)29(31)32)28(27-21)20-13-10-16(25)14-19(20)26/h3-14H,2H2,1H3. The molecule has 0 aliphatic carbocycles. The van der Waals surface area contributed by atoms with Gasteiger partial charge in [0.05, 0.1) is 32.8 Å². The number of rotatable bonds is 7. The molecule has 0 unspecified atom stereocenters. The van der Waals surface area contributed by atoms with Crippen molar-refractivity contribution < 1.29 is 22.9 Å². The highest BCUT2D eigenvalue weighted by Gasteiger charge is 2.35. The van der Waals surface area contributed by atoms with Crippen LogP contribution < -0.4 is 0 Å². The van der Waals surface area contributed by atoms with Gasteiger partial charge in [-0.15, -0.1) is 0 Å². The number of aromatic nitrogens is 2. The second kappa shape index (κ2) is 10.1. The lowest BCUT2D eigenvalue weighted by Crippen LogP contribution is -2.12. The number of nitro groups is 1. The zero-order valence-corrected chi connectivity index (χ0v) is 20.9. The normalized spacial score (nSPS) is 11.3. The van der Waals surface area contributed by atoms with Crippen molar-refractivity contribution >= 4 is 44.7 Å². The van der Waals surface area contributed by atoms with E-state index in [0.717, 1.165) is 0 Å². The number of benzene rings is 3. The Labute approximate surface area is 215 Å². The molecule has 0 N–H and O–H groups in total. The van der Waals surface area contributed by atoms with Gasteiger partial charge in [0.2, 0.25) is 9.84 Å². The van der Waals surface area contributed by atoms with E-state index in [2.05, 4.69) is 5.10 Å². The van der Waals surface area contributed by atoms with Gasteiger partial charge in [0.25, 0.3) is 5.69 Å². The van der Waals surface area contributed by atoms with Crippen molar-refractivity contribution in [2.45, 2.75) is 16.7 Å². The largest absolute Gasteiger partial charge is 0.461 e. The molecule has 0 saturated carbocycles. The van der Waals surface area contributed by atoms with Crippen molar-refractivity contribution in [3.63, 3.8) is 0 Å². The molecule has 3 aromatic carbocycles. The minimum atomic E-state index is -4.33. The smallest absolute Gasteiger partial charge is 0.360 e. The number of ether oxygens (including phenoxy) is 1. The number of carbonyl (C=O) groups excluding carboxylic acids is 1. The number of nitro benzene ring substituents is 1. The van der Waals surface area contributed by atoms with Gasteiger partial charge >= 0.3 is 5.97 Å². The molecule has 0 aliphatic heterocycles. The molecule has 9 nitrogen and oxygen atoms in total. The predicted octanol–water partition coefficient (Wildman–Crippen LogP) is 5.76. The van der Waals surface area contributed by atoms with Crippen molar-refractivity contribution in [3.05, 3.63) is 98.6 Å². The molecule has 1 aromatic heterocycles. The summed E-state index contributed by atoms with van der Waals surface area (Å²) in [6.45, 7) is 1.55. The summed E-state index contributed by atoms with van der Waals surface area (Å²) >= 11 is 12.5. The number of non-ortho nitro benzene ring substituents is 1. The molecule has 4 rings (SSSR count). The van der Waals surface area contributed by atoms with Crippen molar-refractivity contribution in [1.29, 1.82) is 0 Å². The van der Waals surface area contributed by atoms with Crippen molar-refractivity contribution in [2.75, 3.05) is 6.61 Å². The lowest BCUT2D eigenvalue weighted by Gasteiger charge is -2.12. The first-order valence-electron chi connectivity index (χ1n) is 10.5. The fourth-order valence-electron chi connectivity index (χ4n) is 3.53. The van der Waals surface area contributed by atoms with E-state index in [0.29, 0.717) is 5.02 Å². The van der Waals surface area contributed by atoms with E-state index in [1.807, 2.05) is 0 Å². The number of sulfone groups is 1. The molecule has 12 heteroatoms. The molecule has 0 aliphatic rings. The molecule has 0 saturated heterocycles. The van der Waals surface area contributed by atoms with Crippen LogP contribution in [0.15, 0.2) is 82.6 Å². The molecule has 0 fully saturated rings. The van der Waals surface area contributed by atoms with Crippen LogP contribution in [0.5, 0.6) is 0 Å². The second-order valence-electron chi connectivity index (χ2n) is 7.37. The Bertz CT molecular complexity index is 1570. The Morgan fingerprint density at radius 3 is 2.31 bits per heavy atom. The van der Waals surface area contributed by atoms with Gasteiger partial charge in [-0.05, 0) is 49.4 Å². The Balaban J connectivity index is 2.13. The van der Waals surface area contributed by atoms with Gasteiger partial charge in [0.15, 0.2) is 5.69 Å². The van der Waals surface area contributed by atoms with Gasteiger partial charge in [-0.25, -0.2) is 17.9 Å². The highest BCUT2D eigenvalue weighted by atomic mass is 35.5. The van der Waals surface area contributed by atoms with Gasteiger partial charge in [-0.2, -0.15) is 5.10 Å². The summed E-state index contributed by atoms with van der Waals surface area (Å²) in [7, 11) is -4.33. The number of esters is 1. The Morgan fingerprint density at radius 2 is 1.72 bits per heavy atom. The summed E-state index contributed by atoms with van der Waals surface area (Å²) in [6.07, 6.45) is 0. The van der Waals surface area contributed by atoms with E-state index in [9.17, 15) is 23.3 Å². The molecule has 0 bridgehead atoms. The van der Waals surface area contributed by atoms with Crippen LogP contribution in [-0.4, -0.2) is 35.7 Å². The Morgan fingerprint density at radius 1 is 1.06 bits per heavy atom. The zero-order valence-electron chi connectivity index (χ0n) is 18.6. The number of nitrogens with zero attached hydrogens (tertiary/aromatic N) is 3. The third kappa shape index (κ3) is 4.70. The summed E-state index contributed by atoms with van der Waals surface area (Å²) in [4.78, 5) is 23.1. The summed E-state index contributed by atoms with van der Waals surface area (Å²) in [5.74, 6) is -0.959. The zero-order chi connectivity index (χ0) is 26.0. The van der Waals surface area contributed by atoms with Crippen LogP contribution in [0.25, 0.3) is 16.9 Å². The van der Waals surface area contributed by atoms with E-state index >= 15 is 0 Å². The summed E-state index contributed by atoms with van der Waals surface area (Å²) < 4.78 is 34.1. The molecular weight excluding hydrogens is 529 g/mol. The third-order valence-corrected chi connectivity index (χ3v) is 7.48. The van der Waals surface area contributed by atoms with Crippen molar-refractivity contribution in [1.82, 2.24) is 9.78 Å². The average Bonchev–Trinajstić information content (AvgIpc) is 3.26. The van der Waals surface area contributed by atoms with E-state index in [1.165, 1.54) is 59.3 Å². The molecule has 4 aromatic rings. The quantitative estimate of drug-likeness (QED) is 0.164. The number of hydrogen-bond acceptors (Lipinski definition) is 7. The van der Waals surface area contributed by atoms with Crippen molar-refractivity contribution in [3.8, 4) is 16.9 Å². The molecule has 0 amide bonds. The third-order valence-electron chi connectivity index (χ3n) is 5.12. The molecule has 0 atom stereocenters. The molecule has 36 heavy (non-hydrogen) atoms. The highest BCUT2D eigenvalue weighted by Crippen LogP contribution is 2.38. The van der Waals surface area contributed by atoms with Gasteiger partial charge in [0.1, 0.15) is 4.90 Å². The van der Waals surface area contributed by atoms with E-state index < -0.39 is 31.3 Å². The molecule has 1 heterocycles. The minimum absolute atomic E-state index is 0.0227. The lowest BCUT2D eigenvalue weighted by molar-refractivity contribution is -0.384. The van der Waals surface area contributed by atoms with E-state index in [4.69, 9.17) is 27.9 Å². The van der Waals surface area contributed by atoms with Crippen LogP contribution in [-0.2, 0) is 14.6 Å². The summed E-state index contributed by atoms with van der Waals surface area (Å²) in [5, 5.41) is 16.0. The second-order valence-corrected chi connectivity index (χ2v) is 10.1. The van der Waals surface area contributed by atoms with Crippen molar-refractivity contribution in [2.24, 2.45) is 0 Å². The van der Waals surface area contributed by atoms with Gasteiger partial charge in [-0.1, -0.05) is 41.4 Å². The average molecular weight is 546 g/mol. The molecular formula is C24H17Cl2N3O6S. The first kappa shape index (κ1) is 25.4. The van der Waals surface area contributed by atoms with E-state index in [1.54, 1.807) is 25.1 Å². The van der Waals surface area contributed by atoms with Crippen LogP contribution in [0.1, 0.15) is 17.4 Å². The van der Waals surface area contributed by atoms with E-state index in [-0.39, 0.29) is 39.2 Å². The van der Waals surface area contributed by atoms with Crippen LogP contribution in [0.2, 0.25) is 10.0 Å². The van der Waals surface area contributed by atoms with Crippen LogP contribution in [0, 0.1) is 10.1 Å². The summed E-state index contributed by atoms with van der Waals surface area (Å²) in [5.41, 5.74) is -0.216. The predicted molar refractivity (Wildman–Crippen MR) is 134 cm³/mol. The first-order chi connectivity index (χ1) is 17.1. The van der Waals surface area contributed by atoms with Crippen LogP contribution >= 0.6 is 23.2 Å². The number of halogens is 2. The maximum absolute atomic E-state index is 13.9. The van der Waals surface area contributed by atoms with Gasteiger partial charge in [-0.3, -0.25) is 10.1 Å². The fraction of sp³-hybridized carbons (Fsp3) is 0.0833. The topological polar surface area (TPSA) is 121 Å². The maximum atomic E-state index is 13.9. The monoisotopic (exact) mass is 545 g/mol. The first-order valence-corrected chi connectivity index (χ1v) is 12.7. The fourth-order valence-corrected chi connectivity index (χ4v) is 5.61. The molecule has 184 valence electrons. The Hall–Kier alpha value is -3.73. The molecule has 0 radical (unpaired) electrons.